The van der Waals surface area contributed by atoms with Crippen molar-refractivity contribution in [3.63, 3.8) is 0 Å². The quantitative estimate of drug-likeness (QED) is 0.703. The van der Waals surface area contributed by atoms with Gasteiger partial charge in [-0.25, -0.2) is 0 Å². The van der Waals surface area contributed by atoms with Gasteiger partial charge >= 0.3 is 0 Å². The summed E-state index contributed by atoms with van der Waals surface area (Å²) < 4.78 is 0. The molecule has 3 atom stereocenters. The third kappa shape index (κ3) is 4.36. The molecule has 4 N–H and O–H groups in total. The van der Waals surface area contributed by atoms with Gasteiger partial charge in [-0.2, -0.15) is 0 Å². The van der Waals surface area contributed by atoms with Crippen LogP contribution in [0.5, 0.6) is 0 Å². The van der Waals surface area contributed by atoms with Crippen molar-refractivity contribution in [1.82, 2.24) is 15.5 Å². The normalized spacial score (nSPS) is 19.4. The van der Waals surface area contributed by atoms with E-state index in [1.807, 2.05) is 24.3 Å². The van der Waals surface area contributed by atoms with Gasteiger partial charge in [0, 0.05) is 13.6 Å². The largest absolute Gasteiger partial charge is 0.343 e. The minimum atomic E-state index is -0.779. The Labute approximate surface area is 147 Å². The van der Waals surface area contributed by atoms with Crippen molar-refractivity contribution >= 4 is 17.7 Å². The zero-order chi connectivity index (χ0) is 18.6. The van der Waals surface area contributed by atoms with E-state index < -0.39 is 24.0 Å². The molecule has 7 nitrogen and oxygen atoms in total. The molecule has 7 heteroatoms. The van der Waals surface area contributed by atoms with Crippen molar-refractivity contribution in [2.75, 3.05) is 13.6 Å². The molecule has 1 aliphatic rings. The predicted octanol–water partition coefficient (Wildman–Crippen LogP) is 0.100. The van der Waals surface area contributed by atoms with Gasteiger partial charge in [0.1, 0.15) is 12.1 Å². The SMILES string of the molecule is CCC(N)C(=O)N[C@@H](C)C(=O)N[C@@H]1C(=O)N(C)CCc2ccccc21. The number of rotatable bonds is 5. The van der Waals surface area contributed by atoms with Gasteiger partial charge in [0.2, 0.25) is 17.7 Å². The van der Waals surface area contributed by atoms with Gasteiger partial charge in [0.15, 0.2) is 0 Å². The van der Waals surface area contributed by atoms with E-state index in [4.69, 9.17) is 5.73 Å². The molecule has 1 aromatic rings. The minimum Gasteiger partial charge on any atom is -0.343 e. The fourth-order valence-corrected chi connectivity index (χ4v) is 2.77. The molecule has 0 saturated heterocycles. The number of hydrogen-bond acceptors (Lipinski definition) is 4. The third-order valence-corrected chi connectivity index (χ3v) is 4.52. The average molecular weight is 346 g/mol. The second-order valence-electron chi connectivity index (χ2n) is 6.40. The highest BCUT2D eigenvalue weighted by molar-refractivity contribution is 5.93. The highest BCUT2D eigenvalue weighted by Gasteiger charge is 2.31. The minimum absolute atomic E-state index is 0.165. The monoisotopic (exact) mass is 346 g/mol. The number of amides is 3. The summed E-state index contributed by atoms with van der Waals surface area (Å²) in [6.07, 6.45) is 1.22. The van der Waals surface area contributed by atoms with E-state index >= 15 is 0 Å². The number of benzene rings is 1. The van der Waals surface area contributed by atoms with Crippen LogP contribution in [0.3, 0.4) is 0 Å². The number of nitrogens with two attached hydrogens (primary N) is 1. The lowest BCUT2D eigenvalue weighted by Gasteiger charge is -2.24. The van der Waals surface area contributed by atoms with Gasteiger partial charge in [0.25, 0.3) is 0 Å². The highest BCUT2D eigenvalue weighted by Crippen LogP contribution is 2.24. The van der Waals surface area contributed by atoms with Crippen molar-refractivity contribution in [1.29, 1.82) is 0 Å². The van der Waals surface area contributed by atoms with E-state index in [0.717, 1.165) is 17.5 Å². The first-order valence-corrected chi connectivity index (χ1v) is 8.54. The van der Waals surface area contributed by atoms with Gasteiger partial charge < -0.3 is 21.3 Å². The summed E-state index contributed by atoms with van der Waals surface area (Å²) in [5.41, 5.74) is 7.51. The summed E-state index contributed by atoms with van der Waals surface area (Å²) in [6.45, 7) is 3.97. The summed E-state index contributed by atoms with van der Waals surface area (Å²) in [7, 11) is 1.72. The zero-order valence-electron chi connectivity index (χ0n) is 14.9. The van der Waals surface area contributed by atoms with Crippen LogP contribution in [0.15, 0.2) is 24.3 Å². The van der Waals surface area contributed by atoms with Gasteiger partial charge in [-0.05, 0) is 30.9 Å². The van der Waals surface area contributed by atoms with E-state index in [1.165, 1.54) is 0 Å². The number of nitrogens with one attached hydrogen (secondary N) is 2. The molecule has 136 valence electrons. The third-order valence-electron chi connectivity index (χ3n) is 4.52. The number of likely N-dealkylation sites (N-methyl/N-ethyl adjacent to an activating group) is 1. The summed E-state index contributed by atoms with van der Waals surface area (Å²) >= 11 is 0. The topological polar surface area (TPSA) is 105 Å². The summed E-state index contributed by atoms with van der Waals surface area (Å²) in [5, 5.41) is 5.36. The van der Waals surface area contributed by atoms with Crippen molar-refractivity contribution in [2.45, 2.75) is 44.8 Å². The summed E-state index contributed by atoms with van der Waals surface area (Å²) in [5.74, 6) is -0.961. The number of carbonyl (C=O) groups excluding carboxylic acids is 3. The molecular weight excluding hydrogens is 320 g/mol. The lowest BCUT2D eigenvalue weighted by atomic mass is 9.99. The van der Waals surface area contributed by atoms with Crippen LogP contribution in [-0.4, -0.2) is 48.3 Å². The van der Waals surface area contributed by atoms with Crippen LogP contribution in [-0.2, 0) is 20.8 Å². The molecule has 1 heterocycles. The molecular formula is C18H26N4O3. The van der Waals surface area contributed by atoms with E-state index in [9.17, 15) is 14.4 Å². The predicted molar refractivity (Wildman–Crippen MR) is 94.5 cm³/mol. The van der Waals surface area contributed by atoms with Crippen molar-refractivity contribution < 1.29 is 14.4 Å². The van der Waals surface area contributed by atoms with E-state index in [1.54, 1.807) is 25.8 Å². The van der Waals surface area contributed by atoms with Crippen LogP contribution in [0.25, 0.3) is 0 Å². The lowest BCUT2D eigenvalue weighted by Crippen LogP contribution is -2.52. The van der Waals surface area contributed by atoms with Crippen LogP contribution >= 0.6 is 0 Å². The van der Waals surface area contributed by atoms with Gasteiger partial charge in [-0.15, -0.1) is 0 Å². The molecule has 0 aromatic heterocycles. The fourth-order valence-electron chi connectivity index (χ4n) is 2.77. The number of nitrogens with zero attached hydrogens (tertiary/aromatic N) is 1. The van der Waals surface area contributed by atoms with Crippen LogP contribution in [0.2, 0.25) is 0 Å². The Bertz CT molecular complexity index is 661. The molecule has 0 radical (unpaired) electrons. The van der Waals surface area contributed by atoms with Crippen molar-refractivity contribution in [3.05, 3.63) is 35.4 Å². The maximum Gasteiger partial charge on any atom is 0.249 e. The van der Waals surface area contributed by atoms with Crippen LogP contribution in [0.1, 0.15) is 37.4 Å². The molecule has 0 fully saturated rings. The molecule has 1 aliphatic heterocycles. The maximum atomic E-state index is 12.6. The Morgan fingerprint density at radius 1 is 1.32 bits per heavy atom. The second-order valence-corrected chi connectivity index (χ2v) is 6.40. The van der Waals surface area contributed by atoms with Gasteiger partial charge in [-0.3, -0.25) is 14.4 Å². The molecule has 0 bridgehead atoms. The first kappa shape index (κ1) is 18.9. The number of fused-ring (bicyclic) bond motifs is 1. The Morgan fingerprint density at radius 3 is 2.68 bits per heavy atom. The highest BCUT2D eigenvalue weighted by atomic mass is 16.2. The number of carbonyl (C=O) groups is 3. The molecule has 0 spiro atoms. The average Bonchev–Trinajstić information content (AvgIpc) is 2.73. The molecule has 25 heavy (non-hydrogen) atoms. The van der Waals surface area contributed by atoms with Crippen LogP contribution in [0.4, 0.5) is 0 Å². The van der Waals surface area contributed by atoms with Gasteiger partial charge in [0.05, 0.1) is 6.04 Å². The van der Waals surface area contributed by atoms with Gasteiger partial charge in [-0.1, -0.05) is 31.2 Å². The number of hydrogen-bond donors (Lipinski definition) is 3. The first-order valence-electron chi connectivity index (χ1n) is 8.54. The van der Waals surface area contributed by atoms with E-state index in [-0.39, 0.29) is 11.8 Å². The molecule has 1 unspecified atom stereocenters. The Morgan fingerprint density at radius 2 is 2.00 bits per heavy atom. The van der Waals surface area contributed by atoms with Crippen molar-refractivity contribution in [2.24, 2.45) is 5.73 Å². The fraction of sp³-hybridized carbons (Fsp3) is 0.500. The zero-order valence-corrected chi connectivity index (χ0v) is 14.9. The van der Waals surface area contributed by atoms with Crippen LogP contribution in [0, 0.1) is 0 Å². The van der Waals surface area contributed by atoms with Crippen LogP contribution < -0.4 is 16.4 Å². The summed E-state index contributed by atoms with van der Waals surface area (Å²) in [4.78, 5) is 38.6. The Balaban J connectivity index is 2.15. The first-order chi connectivity index (χ1) is 11.8. The Kier molecular flexibility index (Phi) is 6.14. The standard InChI is InChI=1S/C18H26N4O3/c1-4-14(19)17(24)20-11(2)16(23)21-15-13-8-6-5-7-12(13)9-10-22(3)18(15)25/h5-8,11,14-15H,4,9-10,19H2,1-3H3,(H,20,24)(H,21,23)/t11-,14?,15-/m0/s1. The molecule has 2 rings (SSSR count). The second kappa shape index (κ2) is 8.11. The molecule has 1 aromatic carbocycles. The van der Waals surface area contributed by atoms with E-state index in [0.29, 0.717) is 13.0 Å². The lowest BCUT2D eigenvalue weighted by molar-refractivity contribution is -0.136. The molecule has 3 amide bonds. The summed E-state index contributed by atoms with van der Waals surface area (Å²) in [6, 6.07) is 5.40. The Hall–Kier alpha value is -2.41. The van der Waals surface area contributed by atoms with E-state index in [2.05, 4.69) is 10.6 Å². The molecule has 0 saturated carbocycles. The molecule has 0 aliphatic carbocycles. The smallest absolute Gasteiger partial charge is 0.249 e. The van der Waals surface area contributed by atoms with Crippen molar-refractivity contribution in [3.8, 4) is 0 Å². The maximum absolute atomic E-state index is 12.6.